The Bertz CT molecular complexity index is 1510. The van der Waals surface area contributed by atoms with Crippen molar-refractivity contribution in [2.24, 2.45) is 0 Å². The summed E-state index contributed by atoms with van der Waals surface area (Å²) in [6.45, 7) is 11.5. The van der Waals surface area contributed by atoms with Gasteiger partial charge in [0.25, 0.3) is 0 Å². The first-order chi connectivity index (χ1) is 25.5. The normalized spacial score (nSPS) is 12.4. The zero-order chi connectivity index (χ0) is 36.7. The van der Waals surface area contributed by atoms with Crippen LogP contribution in [0.2, 0.25) is 0 Å². The summed E-state index contributed by atoms with van der Waals surface area (Å²) in [6.07, 6.45) is 10.9. The maximum Gasteiger partial charge on any atom is 0.126 e. The van der Waals surface area contributed by atoms with Gasteiger partial charge in [0, 0.05) is 37.4 Å². The summed E-state index contributed by atoms with van der Waals surface area (Å²) >= 11 is 13.2. The number of para-hydroxylation sites is 2. The third-order valence-electron chi connectivity index (χ3n) is 9.77. The van der Waals surface area contributed by atoms with Crippen LogP contribution in [0.15, 0.2) is 60.7 Å². The molecular weight excluding hydrogens is 687 g/mol. The summed E-state index contributed by atoms with van der Waals surface area (Å²) in [5.74, 6) is 4.66. The maximum atomic E-state index is 6.74. The molecule has 4 aromatic rings. The lowest BCUT2D eigenvalue weighted by molar-refractivity contribution is 0.297. The SMILES string of the molecule is CCCCOc1c2cccc1Cc1cc(CCl)cc(c1OCCCC)Cc1cccc(c1OCCCC)Cc1cc(CCl)cc(c1OCCCC)C2. The Hall–Kier alpha value is -3.34. The lowest BCUT2D eigenvalue weighted by Gasteiger charge is -2.24. The van der Waals surface area contributed by atoms with Gasteiger partial charge in [-0.2, -0.15) is 0 Å². The number of fused-ring (bicyclic) bond motifs is 8. The van der Waals surface area contributed by atoms with E-state index in [1.807, 2.05) is 0 Å². The molecule has 1 aliphatic carbocycles. The van der Waals surface area contributed by atoms with E-state index in [-0.39, 0.29) is 0 Å². The van der Waals surface area contributed by atoms with E-state index in [1.165, 1.54) is 0 Å². The van der Waals surface area contributed by atoms with Crippen LogP contribution in [0, 0.1) is 0 Å². The number of unbranched alkanes of at least 4 members (excludes halogenated alkanes) is 4. The van der Waals surface area contributed by atoms with E-state index in [0.29, 0.717) is 63.9 Å². The van der Waals surface area contributed by atoms with Gasteiger partial charge in [-0.1, -0.05) is 114 Å². The molecule has 6 heteroatoms. The first kappa shape index (κ1) is 39.9. The molecule has 0 heterocycles. The Morgan fingerprint density at radius 3 is 0.885 bits per heavy atom. The van der Waals surface area contributed by atoms with Gasteiger partial charge in [0.05, 0.1) is 26.4 Å². The fourth-order valence-electron chi connectivity index (χ4n) is 7.00. The summed E-state index contributed by atoms with van der Waals surface area (Å²) in [4.78, 5) is 0. The largest absolute Gasteiger partial charge is 0.493 e. The van der Waals surface area contributed by atoms with Crippen molar-refractivity contribution in [3.05, 3.63) is 116 Å². The monoisotopic (exact) mass is 744 g/mol. The second-order valence-electron chi connectivity index (χ2n) is 14.1. The summed E-state index contributed by atoms with van der Waals surface area (Å²) in [6, 6.07) is 22.1. The number of hydrogen-bond acceptors (Lipinski definition) is 4. The van der Waals surface area contributed by atoms with Gasteiger partial charge >= 0.3 is 0 Å². The molecule has 0 N–H and O–H groups in total. The molecule has 0 radical (unpaired) electrons. The molecule has 0 atom stereocenters. The predicted octanol–water partition coefficient (Wildman–Crippen LogP) is 12.6. The minimum atomic E-state index is 0.424. The Labute approximate surface area is 323 Å². The summed E-state index contributed by atoms with van der Waals surface area (Å²) < 4.78 is 27.0. The Balaban J connectivity index is 1.79. The van der Waals surface area contributed by atoms with E-state index >= 15 is 0 Å². The highest BCUT2D eigenvalue weighted by molar-refractivity contribution is 6.17. The second-order valence-corrected chi connectivity index (χ2v) is 14.6. The minimum absolute atomic E-state index is 0.424. The smallest absolute Gasteiger partial charge is 0.126 e. The third kappa shape index (κ3) is 10.4. The van der Waals surface area contributed by atoms with Crippen molar-refractivity contribution in [1.82, 2.24) is 0 Å². The molecule has 0 spiro atoms. The first-order valence-electron chi connectivity index (χ1n) is 19.7. The molecule has 280 valence electrons. The minimum Gasteiger partial charge on any atom is -0.493 e. The molecule has 0 saturated carbocycles. The molecule has 0 unspecified atom stereocenters. The molecule has 4 nitrogen and oxygen atoms in total. The predicted molar refractivity (Wildman–Crippen MR) is 218 cm³/mol. The van der Waals surface area contributed by atoms with Crippen LogP contribution in [-0.2, 0) is 37.4 Å². The van der Waals surface area contributed by atoms with Crippen LogP contribution in [0.1, 0.15) is 135 Å². The maximum absolute atomic E-state index is 6.74. The highest BCUT2D eigenvalue weighted by Crippen LogP contribution is 2.40. The molecule has 0 amide bonds. The van der Waals surface area contributed by atoms with Crippen LogP contribution in [0.4, 0.5) is 0 Å². The van der Waals surface area contributed by atoms with E-state index in [0.717, 1.165) is 130 Å². The van der Waals surface area contributed by atoms with E-state index in [2.05, 4.69) is 88.4 Å². The molecule has 5 rings (SSSR count). The van der Waals surface area contributed by atoms with E-state index in [9.17, 15) is 0 Å². The lowest BCUT2D eigenvalue weighted by atomic mass is 9.90. The number of rotatable bonds is 18. The molecule has 0 aromatic heterocycles. The van der Waals surface area contributed by atoms with Crippen LogP contribution in [-0.4, -0.2) is 26.4 Å². The van der Waals surface area contributed by atoms with Gasteiger partial charge in [0.15, 0.2) is 0 Å². The van der Waals surface area contributed by atoms with Gasteiger partial charge in [0.1, 0.15) is 23.0 Å². The molecule has 52 heavy (non-hydrogen) atoms. The summed E-state index contributed by atoms with van der Waals surface area (Å²) in [5, 5.41) is 0. The van der Waals surface area contributed by atoms with E-state index in [1.54, 1.807) is 0 Å². The first-order valence-corrected chi connectivity index (χ1v) is 20.7. The molecular formula is C46H58Cl2O4. The van der Waals surface area contributed by atoms with Crippen LogP contribution in [0.5, 0.6) is 23.0 Å². The zero-order valence-electron chi connectivity index (χ0n) is 31.9. The van der Waals surface area contributed by atoms with Crippen molar-refractivity contribution >= 4 is 23.2 Å². The van der Waals surface area contributed by atoms with Crippen LogP contribution in [0.25, 0.3) is 0 Å². The van der Waals surface area contributed by atoms with Gasteiger partial charge in [-0.05, 0) is 81.3 Å². The van der Waals surface area contributed by atoms with Gasteiger partial charge in [-0.15, -0.1) is 23.2 Å². The summed E-state index contributed by atoms with van der Waals surface area (Å²) in [5.41, 5.74) is 11.3. The Morgan fingerprint density at radius 2 is 0.654 bits per heavy atom. The Kier molecular flexibility index (Phi) is 15.9. The van der Waals surface area contributed by atoms with Crippen molar-refractivity contribution in [3.63, 3.8) is 0 Å². The molecule has 1 aliphatic rings. The van der Waals surface area contributed by atoms with Gasteiger partial charge in [-0.25, -0.2) is 0 Å². The van der Waals surface area contributed by atoms with Crippen molar-refractivity contribution < 1.29 is 18.9 Å². The zero-order valence-corrected chi connectivity index (χ0v) is 33.4. The quantitative estimate of drug-likeness (QED) is 0.0661. The van der Waals surface area contributed by atoms with Crippen molar-refractivity contribution in [1.29, 1.82) is 0 Å². The lowest BCUT2D eigenvalue weighted by Crippen LogP contribution is -2.11. The fourth-order valence-corrected chi connectivity index (χ4v) is 7.31. The van der Waals surface area contributed by atoms with Gasteiger partial charge in [-0.3, -0.25) is 0 Å². The molecule has 8 bridgehead atoms. The van der Waals surface area contributed by atoms with Gasteiger partial charge in [0.2, 0.25) is 0 Å². The molecule has 0 fully saturated rings. The standard InChI is InChI=1S/C46H58Cl2O4/c1-5-9-19-49-43-35-15-13-16-36(43)28-40-24-34(32-48)26-42(46(40)52-22-12-8-4)30-38-18-14-17-37(44(38)50-20-10-6-2)29-41-25-33(31-47)23-39(27-35)45(41)51-21-11-7-3/h13-18,23-26H,5-12,19-22,27-32H2,1-4H3. The molecule has 0 aliphatic heterocycles. The van der Waals surface area contributed by atoms with Crippen molar-refractivity contribution in [3.8, 4) is 23.0 Å². The fraction of sp³-hybridized carbons (Fsp3) is 0.478. The molecule has 4 aromatic carbocycles. The summed E-state index contributed by atoms with van der Waals surface area (Å²) in [7, 11) is 0. The number of alkyl halides is 2. The number of benzene rings is 4. The Morgan fingerprint density at radius 1 is 0.404 bits per heavy atom. The average Bonchev–Trinajstić information content (AvgIpc) is 3.15. The molecule has 0 saturated heterocycles. The van der Waals surface area contributed by atoms with Crippen LogP contribution >= 0.6 is 23.2 Å². The van der Waals surface area contributed by atoms with E-state index in [4.69, 9.17) is 42.1 Å². The highest BCUT2D eigenvalue weighted by Gasteiger charge is 2.23. The number of ether oxygens (including phenoxy) is 4. The van der Waals surface area contributed by atoms with Crippen molar-refractivity contribution in [2.45, 2.75) is 117 Å². The third-order valence-corrected chi connectivity index (χ3v) is 10.4. The second kappa shape index (κ2) is 20.8. The topological polar surface area (TPSA) is 36.9 Å². The van der Waals surface area contributed by atoms with Gasteiger partial charge < -0.3 is 18.9 Å². The van der Waals surface area contributed by atoms with E-state index < -0.39 is 0 Å². The average molecular weight is 746 g/mol. The van der Waals surface area contributed by atoms with Crippen LogP contribution in [0.3, 0.4) is 0 Å². The van der Waals surface area contributed by atoms with Crippen molar-refractivity contribution in [2.75, 3.05) is 26.4 Å². The number of halogens is 2. The highest BCUT2D eigenvalue weighted by atomic mass is 35.5. The van der Waals surface area contributed by atoms with Crippen LogP contribution < -0.4 is 18.9 Å². The number of hydrogen-bond donors (Lipinski definition) is 0.